The van der Waals surface area contributed by atoms with Crippen LogP contribution in [0.4, 0.5) is 5.69 Å². The predicted molar refractivity (Wildman–Crippen MR) is 116 cm³/mol. The number of carbonyl (C=O) groups is 2. The van der Waals surface area contributed by atoms with Crippen LogP contribution in [0.1, 0.15) is 19.8 Å². The van der Waals surface area contributed by atoms with Crippen molar-refractivity contribution in [3.8, 4) is 0 Å². The maximum atomic E-state index is 12.8. The molecular weight excluding hydrogens is 428 g/mol. The smallest absolute Gasteiger partial charge is 0.251 e. The van der Waals surface area contributed by atoms with E-state index in [0.717, 1.165) is 10.2 Å². The Kier molecular flexibility index (Phi) is 7.06. The summed E-state index contributed by atoms with van der Waals surface area (Å²) < 4.78 is 32.8. The number of hydrogen-bond acceptors (Lipinski definition) is 6. The fourth-order valence-corrected chi connectivity index (χ4v) is 5.43. The van der Waals surface area contributed by atoms with Crippen LogP contribution in [-0.4, -0.2) is 62.2 Å². The molecule has 1 fully saturated rings. The highest BCUT2D eigenvalue weighted by molar-refractivity contribution is 7.88. The van der Waals surface area contributed by atoms with Crippen molar-refractivity contribution in [2.75, 3.05) is 38.4 Å². The first-order chi connectivity index (χ1) is 14.2. The third-order valence-corrected chi connectivity index (χ3v) is 7.34. The minimum atomic E-state index is -3.24. The summed E-state index contributed by atoms with van der Waals surface area (Å²) in [6.45, 7) is 3.12. The third-order valence-electron chi connectivity index (χ3n) is 5.00. The van der Waals surface area contributed by atoms with Crippen molar-refractivity contribution in [1.29, 1.82) is 0 Å². The largest absolute Gasteiger partial charge is 0.383 e. The third kappa shape index (κ3) is 5.34. The zero-order chi connectivity index (χ0) is 21.9. The molecular formula is C19H26N4O5S2. The van der Waals surface area contributed by atoms with Crippen LogP contribution in [0.5, 0.6) is 0 Å². The molecule has 0 atom stereocenters. The number of rotatable bonds is 6. The fourth-order valence-electron chi connectivity index (χ4n) is 3.46. The van der Waals surface area contributed by atoms with Crippen LogP contribution in [0.2, 0.25) is 0 Å². The molecule has 1 aromatic carbocycles. The van der Waals surface area contributed by atoms with Crippen LogP contribution in [0.15, 0.2) is 23.2 Å². The number of benzene rings is 1. The van der Waals surface area contributed by atoms with Crippen molar-refractivity contribution in [3.05, 3.63) is 23.0 Å². The van der Waals surface area contributed by atoms with E-state index >= 15 is 0 Å². The normalized spacial score (nSPS) is 16.8. The van der Waals surface area contributed by atoms with Gasteiger partial charge in [-0.1, -0.05) is 11.3 Å². The van der Waals surface area contributed by atoms with Gasteiger partial charge in [-0.05, 0) is 31.0 Å². The number of nitrogens with one attached hydrogen (secondary N) is 1. The molecule has 30 heavy (non-hydrogen) atoms. The van der Waals surface area contributed by atoms with Crippen molar-refractivity contribution in [2.45, 2.75) is 26.3 Å². The molecule has 1 saturated heterocycles. The summed E-state index contributed by atoms with van der Waals surface area (Å²) in [5, 5.41) is 2.76. The monoisotopic (exact) mass is 454 g/mol. The number of methoxy groups -OCH3 is 1. The second-order valence-electron chi connectivity index (χ2n) is 7.28. The van der Waals surface area contributed by atoms with Crippen LogP contribution < -0.4 is 10.1 Å². The van der Waals surface area contributed by atoms with Crippen molar-refractivity contribution < 1.29 is 22.7 Å². The van der Waals surface area contributed by atoms with E-state index in [1.54, 1.807) is 7.11 Å². The first kappa shape index (κ1) is 22.6. The average molecular weight is 455 g/mol. The van der Waals surface area contributed by atoms with Gasteiger partial charge in [-0.3, -0.25) is 9.59 Å². The summed E-state index contributed by atoms with van der Waals surface area (Å²) in [6.07, 6.45) is 2.11. The second kappa shape index (κ2) is 9.38. The lowest BCUT2D eigenvalue weighted by molar-refractivity contribution is -0.123. The van der Waals surface area contributed by atoms with Crippen LogP contribution in [-0.2, 0) is 30.9 Å². The highest BCUT2D eigenvalue weighted by atomic mass is 32.2. The molecule has 0 unspecified atom stereocenters. The minimum Gasteiger partial charge on any atom is -0.383 e. The van der Waals surface area contributed by atoms with Gasteiger partial charge in [0.1, 0.15) is 0 Å². The van der Waals surface area contributed by atoms with Crippen molar-refractivity contribution >= 4 is 49.1 Å². The number of amides is 2. The molecule has 0 radical (unpaired) electrons. The molecule has 1 aromatic heterocycles. The van der Waals surface area contributed by atoms with E-state index in [0.29, 0.717) is 49.6 Å². The number of anilines is 1. The van der Waals surface area contributed by atoms with E-state index in [2.05, 4.69) is 10.3 Å². The number of fused-ring (bicyclic) bond motifs is 1. The van der Waals surface area contributed by atoms with Crippen LogP contribution in [0.3, 0.4) is 0 Å². The van der Waals surface area contributed by atoms with E-state index in [1.165, 1.54) is 28.8 Å². The van der Waals surface area contributed by atoms with E-state index in [4.69, 9.17) is 4.74 Å². The summed E-state index contributed by atoms with van der Waals surface area (Å²) in [6, 6.07) is 5.56. The summed E-state index contributed by atoms with van der Waals surface area (Å²) in [5.41, 5.74) is 1.59. The number of aromatic nitrogens is 1. The molecule has 164 valence electrons. The predicted octanol–water partition coefficient (Wildman–Crippen LogP) is 1.41. The van der Waals surface area contributed by atoms with E-state index in [9.17, 15) is 18.0 Å². The van der Waals surface area contributed by atoms with Gasteiger partial charge in [0.05, 0.1) is 23.1 Å². The second-order valence-corrected chi connectivity index (χ2v) is 10.3. The van der Waals surface area contributed by atoms with Crippen molar-refractivity contribution in [3.63, 3.8) is 0 Å². The zero-order valence-corrected chi connectivity index (χ0v) is 18.9. The van der Waals surface area contributed by atoms with Crippen LogP contribution in [0.25, 0.3) is 10.2 Å². The molecule has 2 aromatic rings. The number of carbonyl (C=O) groups excluding carboxylic acids is 2. The maximum Gasteiger partial charge on any atom is 0.251 e. The fraction of sp³-hybridized carbons (Fsp3) is 0.526. The Hall–Kier alpha value is -2.08. The highest BCUT2D eigenvalue weighted by Crippen LogP contribution is 2.23. The number of piperidine rings is 1. The molecule has 2 heterocycles. The maximum absolute atomic E-state index is 12.8. The first-order valence-corrected chi connectivity index (χ1v) is 12.3. The number of ether oxygens (including phenoxy) is 1. The van der Waals surface area contributed by atoms with Crippen molar-refractivity contribution in [1.82, 2.24) is 8.87 Å². The Balaban J connectivity index is 1.90. The standard InChI is InChI=1S/C19H26N4O5S2/c1-13(24)20-15-4-5-16-17(12-15)29-19(23(16)10-11-28-2)21-18(25)14-6-8-22(9-7-14)30(3,26)27/h4-5,12,14H,6-11H2,1-3H3,(H,20,24). The van der Waals surface area contributed by atoms with Gasteiger partial charge in [0.25, 0.3) is 5.91 Å². The average Bonchev–Trinajstić information content (AvgIpc) is 3.01. The Morgan fingerprint density at radius 3 is 2.60 bits per heavy atom. The molecule has 0 bridgehead atoms. The zero-order valence-electron chi connectivity index (χ0n) is 17.3. The molecule has 0 aliphatic carbocycles. The summed E-state index contributed by atoms with van der Waals surface area (Å²) >= 11 is 1.38. The van der Waals surface area contributed by atoms with Gasteiger partial charge in [-0.25, -0.2) is 12.7 Å². The molecule has 2 amide bonds. The molecule has 9 nitrogen and oxygen atoms in total. The lowest BCUT2D eigenvalue weighted by Crippen LogP contribution is -2.39. The van der Waals surface area contributed by atoms with Gasteiger partial charge in [0.15, 0.2) is 4.80 Å². The SMILES string of the molecule is COCCn1c(=NC(=O)C2CCN(S(C)(=O)=O)CC2)sc2cc(NC(C)=O)ccc21. The van der Waals surface area contributed by atoms with Gasteiger partial charge in [0.2, 0.25) is 15.9 Å². The van der Waals surface area contributed by atoms with Gasteiger partial charge >= 0.3 is 0 Å². The summed E-state index contributed by atoms with van der Waals surface area (Å²) in [4.78, 5) is 29.1. The Bertz CT molecular complexity index is 1110. The first-order valence-electron chi connectivity index (χ1n) is 9.62. The van der Waals surface area contributed by atoms with Gasteiger partial charge in [0, 0.05) is 45.3 Å². The molecule has 1 N–H and O–H groups in total. The number of thiazole rings is 1. The topological polar surface area (TPSA) is 110 Å². The Labute approximate surface area is 179 Å². The molecule has 0 saturated carbocycles. The Morgan fingerprint density at radius 1 is 1.30 bits per heavy atom. The molecule has 11 heteroatoms. The van der Waals surface area contributed by atoms with Gasteiger partial charge < -0.3 is 14.6 Å². The van der Waals surface area contributed by atoms with Gasteiger partial charge in [-0.2, -0.15) is 4.99 Å². The van der Waals surface area contributed by atoms with E-state index in [1.807, 2.05) is 22.8 Å². The van der Waals surface area contributed by atoms with Gasteiger partial charge in [-0.15, -0.1) is 0 Å². The quantitative estimate of drug-likeness (QED) is 0.710. The number of hydrogen-bond donors (Lipinski definition) is 1. The molecule has 0 spiro atoms. The van der Waals surface area contributed by atoms with E-state index < -0.39 is 10.0 Å². The van der Waals surface area contributed by atoms with E-state index in [-0.39, 0.29) is 17.7 Å². The van der Waals surface area contributed by atoms with Crippen LogP contribution in [0, 0.1) is 5.92 Å². The minimum absolute atomic E-state index is 0.154. The van der Waals surface area contributed by atoms with Crippen molar-refractivity contribution in [2.24, 2.45) is 10.9 Å². The van der Waals surface area contributed by atoms with Crippen LogP contribution >= 0.6 is 11.3 Å². The Morgan fingerprint density at radius 2 is 2.00 bits per heavy atom. The lowest BCUT2D eigenvalue weighted by Gasteiger charge is -2.28. The summed E-state index contributed by atoms with van der Waals surface area (Å²) in [7, 11) is -1.62. The molecule has 1 aliphatic rings. The number of nitrogens with zero attached hydrogens (tertiary/aromatic N) is 3. The lowest BCUT2D eigenvalue weighted by atomic mass is 9.98. The molecule has 1 aliphatic heterocycles. The number of sulfonamides is 1. The highest BCUT2D eigenvalue weighted by Gasteiger charge is 2.29. The summed E-state index contributed by atoms with van der Waals surface area (Å²) in [5.74, 6) is -0.680. The molecule has 3 rings (SSSR count).